The van der Waals surface area contributed by atoms with Crippen LogP contribution in [0.3, 0.4) is 0 Å². The van der Waals surface area contributed by atoms with Crippen LogP contribution in [0.5, 0.6) is 0 Å². The van der Waals surface area contributed by atoms with Gasteiger partial charge in [-0.2, -0.15) is 4.73 Å². The van der Waals surface area contributed by atoms with Crippen LogP contribution in [0.1, 0.15) is 15.9 Å². The fourth-order valence-electron chi connectivity index (χ4n) is 2.92. The van der Waals surface area contributed by atoms with Crippen molar-refractivity contribution >= 4 is 17.1 Å². The third-order valence-electron chi connectivity index (χ3n) is 4.38. The average molecular weight is 380 g/mol. The molecule has 0 amide bonds. The van der Waals surface area contributed by atoms with E-state index in [1.165, 1.54) is 25.0 Å². The van der Waals surface area contributed by atoms with E-state index in [0.717, 1.165) is 14.9 Å². The van der Waals surface area contributed by atoms with Crippen molar-refractivity contribution in [2.75, 3.05) is 0 Å². The fourth-order valence-corrected chi connectivity index (χ4v) is 2.92. The standard InChI is InChI=1S/C18H16N6O4/c1-21-15-14(16(25)22(2)18(21)27)24(11-20-15)28-17(26)13-5-3-4-12(8-13)9-23-7-6-19-10-23/h3-8,10-11H,9H2,1-2H3. The molecule has 4 aromatic rings. The zero-order valence-corrected chi connectivity index (χ0v) is 15.1. The van der Waals surface area contributed by atoms with Crippen LogP contribution in [0.4, 0.5) is 0 Å². The molecule has 0 saturated heterocycles. The molecule has 0 bridgehead atoms. The summed E-state index contributed by atoms with van der Waals surface area (Å²) in [6, 6.07) is 6.95. The number of hydrogen-bond acceptors (Lipinski definition) is 6. The fraction of sp³-hybridized carbons (Fsp3) is 0.167. The van der Waals surface area contributed by atoms with Gasteiger partial charge < -0.3 is 9.40 Å². The number of fused-ring (bicyclic) bond motifs is 1. The molecule has 28 heavy (non-hydrogen) atoms. The first-order chi connectivity index (χ1) is 13.5. The van der Waals surface area contributed by atoms with E-state index in [0.29, 0.717) is 12.1 Å². The number of rotatable bonds is 4. The molecular weight excluding hydrogens is 364 g/mol. The summed E-state index contributed by atoms with van der Waals surface area (Å²) in [5, 5.41) is 0. The zero-order valence-electron chi connectivity index (χ0n) is 15.1. The minimum Gasteiger partial charge on any atom is -0.333 e. The molecule has 0 saturated carbocycles. The summed E-state index contributed by atoms with van der Waals surface area (Å²) in [5.74, 6) is -0.650. The first kappa shape index (κ1) is 17.5. The summed E-state index contributed by atoms with van der Waals surface area (Å²) in [6.07, 6.45) is 6.38. The van der Waals surface area contributed by atoms with Crippen molar-refractivity contribution in [3.63, 3.8) is 0 Å². The predicted octanol–water partition coefficient (Wildman–Crippen LogP) is -0.0525. The first-order valence-electron chi connectivity index (χ1n) is 8.36. The van der Waals surface area contributed by atoms with E-state index in [9.17, 15) is 14.4 Å². The Kier molecular flexibility index (Phi) is 4.15. The Morgan fingerprint density at radius 3 is 2.71 bits per heavy atom. The molecule has 10 heteroatoms. The topological polar surface area (TPSA) is 106 Å². The maximum atomic E-state index is 12.6. The van der Waals surface area contributed by atoms with Gasteiger partial charge >= 0.3 is 11.7 Å². The SMILES string of the molecule is Cn1c(=O)c2c(ncn2OC(=O)c2cccc(Cn3ccnc3)c2)n(C)c1=O. The molecule has 0 aliphatic rings. The van der Waals surface area contributed by atoms with E-state index < -0.39 is 17.2 Å². The monoisotopic (exact) mass is 380 g/mol. The van der Waals surface area contributed by atoms with Gasteiger partial charge in [0, 0.05) is 33.0 Å². The van der Waals surface area contributed by atoms with Gasteiger partial charge in [-0.3, -0.25) is 13.9 Å². The molecule has 142 valence electrons. The van der Waals surface area contributed by atoms with Crippen molar-refractivity contribution in [1.29, 1.82) is 0 Å². The normalized spacial score (nSPS) is 11.1. The van der Waals surface area contributed by atoms with Gasteiger partial charge in [0.1, 0.15) is 6.33 Å². The molecule has 0 aliphatic carbocycles. The quantitative estimate of drug-likeness (QED) is 0.491. The van der Waals surface area contributed by atoms with Crippen LogP contribution in [-0.2, 0) is 20.6 Å². The Labute approximate surface area is 157 Å². The second kappa shape index (κ2) is 6.65. The molecule has 1 aromatic carbocycles. The molecule has 0 radical (unpaired) electrons. The van der Waals surface area contributed by atoms with Crippen molar-refractivity contribution in [1.82, 2.24) is 28.4 Å². The Balaban J connectivity index is 1.66. The van der Waals surface area contributed by atoms with E-state index in [1.54, 1.807) is 30.7 Å². The number of nitrogens with zero attached hydrogens (tertiary/aromatic N) is 6. The average Bonchev–Trinajstić information content (AvgIpc) is 3.35. The summed E-state index contributed by atoms with van der Waals surface area (Å²) in [6.45, 7) is 0.553. The number of imidazole rings is 2. The Hall–Kier alpha value is -3.95. The molecular formula is C18H16N6O4. The number of aromatic nitrogens is 6. The van der Waals surface area contributed by atoms with Gasteiger partial charge in [-0.25, -0.2) is 19.6 Å². The summed E-state index contributed by atoms with van der Waals surface area (Å²) in [7, 11) is 2.84. The molecule has 3 heterocycles. The lowest BCUT2D eigenvalue weighted by atomic mass is 10.1. The van der Waals surface area contributed by atoms with E-state index >= 15 is 0 Å². The van der Waals surface area contributed by atoms with Crippen molar-refractivity contribution in [2.24, 2.45) is 14.1 Å². The lowest BCUT2D eigenvalue weighted by molar-refractivity contribution is 0.0478. The zero-order chi connectivity index (χ0) is 19.8. The largest absolute Gasteiger partial charge is 0.363 e. The van der Waals surface area contributed by atoms with Crippen LogP contribution < -0.4 is 16.1 Å². The van der Waals surface area contributed by atoms with Crippen molar-refractivity contribution in [3.8, 4) is 0 Å². The molecule has 0 N–H and O–H groups in total. The summed E-state index contributed by atoms with van der Waals surface area (Å²) >= 11 is 0. The minimum absolute atomic E-state index is 0.00696. The van der Waals surface area contributed by atoms with Crippen LogP contribution in [0.25, 0.3) is 11.2 Å². The lowest BCUT2D eigenvalue weighted by Gasteiger charge is -2.08. The number of carbonyl (C=O) groups excluding carboxylic acids is 1. The Bertz CT molecular complexity index is 1300. The van der Waals surface area contributed by atoms with Crippen molar-refractivity contribution in [3.05, 3.63) is 81.3 Å². The number of aryl methyl sites for hydroxylation is 1. The molecule has 3 aromatic heterocycles. The van der Waals surface area contributed by atoms with Crippen LogP contribution in [0.2, 0.25) is 0 Å². The van der Waals surface area contributed by atoms with Gasteiger partial charge in [0.25, 0.3) is 5.56 Å². The van der Waals surface area contributed by atoms with Gasteiger partial charge in [-0.05, 0) is 17.7 Å². The second-order valence-electron chi connectivity index (χ2n) is 6.26. The smallest absolute Gasteiger partial charge is 0.333 e. The summed E-state index contributed by atoms with van der Waals surface area (Å²) in [5.41, 5.74) is 0.239. The minimum atomic E-state index is -0.650. The molecule has 0 unspecified atom stereocenters. The highest BCUT2D eigenvalue weighted by Crippen LogP contribution is 2.09. The van der Waals surface area contributed by atoms with Crippen molar-refractivity contribution in [2.45, 2.75) is 6.54 Å². The highest BCUT2D eigenvalue weighted by atomic mass is 16.7. The van der Waals surface area contributed by atoms with Crippen LogP contribution in [0.15, 0.2) is 58.9 Å². The molecule has 4 rings (SSSR count). The molecule has 0 fully saturated rings. The summed E-state index contributed by atoms with van der Waals surface area (Å²) < 4.78 is 5.01. The van der Waals surface area contributed by atoms with E-state index in [2.05, 4.69) is 9.97 Å². The van der Waals surface area contributed by atoms with Crippen molar-refractivity contribution < 1.29 is 9.63 Å². The van der Waals surface area contributed by atoms with Gasteiger partial charge in [-0.15, -0.1) is 0 Å². The summed E-state index contributed by atoms with van der Waals surface area (Å²) in [4.78, 5) is 50.4. The third kappa shape index (κ3) is 2.90. The van der Waals surface area contributed by atoms with Gasteiger partial charge in [-0.1, -0.05) is 12.1 Å². The molecule has 0 atom stereocenters. The maximum absolute atomic E-state index is 12.6. The Morgan fingerprint density at radius 2 is 1.96 bits per heavy atom. The predicted molar refractivity (Wildman–Crippen MR) is 98.9 cm³/mol. The van der Waals surface area contributed by atoms with Gasteiger partial charge in [0.15, 0.2) is 11.2 Å². The molecule has 10 nitrogen and oxygen atoms in total. The highest BCUT2D eigenvalue weighted by Gasteiger charge is 2.18. The van der Waals surface area contributed by atoms with Gasteiger partial charge in [0.2, 0.25) is 0 Å². The first-order valence-corrected chi connectivity index (χ1v) is 8.36. The maximum Gasteiger partial charge on any atom is 0.363 e. The molecule has 0 spiro atoms. The van der Waals surface area contributed by atoms with E-state index in [4.69, 9.17) is 4.84 Å². The van der Waals surface area contributed by atoms with E-state index in [1.807, 2.05) is 16.8 Å². The number of benzene rings is 1. The highest BCUT2D eigenvalue weighted by molar-refractivity contribution is 5.90. The van der Waals surface area contributed by atoms with Crippen LogP contribution in [-0.4, -0.2) is 34.4 Å². The second-order valence-corrected chi connectivity index (χ2v) is 6.26. The number of hydrogen-bond donors (Lipinski definition) is 0. The van der Waals surface area contributed by atoms with E-state index in [-0.39, 0.29) is 11.2 Å². The van der Waals surface area contributed by atoms with Gasteiger partial charge in [0.05, 0.1) is 11.9 Å². The Morgan fingerprint density at radius 1 is 1.14 bits per heavy atom. The molecule has 0 aliphatic heterocycles. The van der Waals surface area contributed by atoms with Crippen LogP contribution in [0, 0.1) is 0 Å². The third-order valence-corrected chi connectivity index (χ3v) is 4.38. The lowest BCUT2D eigenvalue weighted by Crippen LogP contribution is -2.38. The number of carbonyl (C=O) groups is 1. The van der Waals surface area contributed by atoms with Crippen LogP contribution >= 0.6 is 0 Å².